The monoisotopic (exact) mass is 251 g/mol. The number of nitrogens with one attached hydrogen (secondary N) is 1. The molecule has 0 heterocycles. The number of primary amides is 1. The second-order valence-electron chi connectivity index (χ2n) is 3.18. The van der Waals surface area contributed by atoms with Crippen LogP contribution in [0.2, 0.25) is 0 Å². The molecule has 1 aromatic rings. The molecule has 2 amide bonds. The third-order valence-corrected chi connectivity index (χ3v) is 2.01. The fourth-order valence-corrected chi connectivity index (χ4v) is 1.15. The van der Waals surface area contributed by atoms with E-state index < -0.39 is 11.8 Å². The van der Waals surface area contributed by atoms with Crippen LogP contribution in [0.3, 0.4) is 0 Å². The van der Waals surface area contributed by atoms with Gasteiger partial charge >= 0.3 is 11.8 Å². The van der Waals surface area contributed by atoms with Gasteiger partial charge in [-0.2, -0.15) is 5.10 Å². The van der Waals surface area contributed by atoms with E-state index >= 15 is 0 Å². The van der Waals surface area contributed by atoms with Gasteiger partial charge in [0.05, 0.1) is 20.4 Å². The maximum atomic E-state index is 10.8. The third-order valence-electron chi connectivity index (χ3n) is 2.01. The Morgan fingerprint density at radius 3 is 2.50 bits per heavy atom. The Kier molecular flexibility index (Phi) is 4.67. The summed E-state index contributed by atoms with van der Waals surface area (Å²) in [6, 6.07) is 5.07. The molecule has 7 nitrogen and oxygen atoms in total. The van der Waals surface area contributed by atoms with Crippen LogP contribution in [0.4, 0.5) is 0 Å². The van der Waals surface area contributed by atoms with Crippen molar-refractivity contribution in [2.45, 2.75) is 0 Å². The number of hydrogen-bond acceptors (Lipinski definition) is 5. The Balaban J connectivity index is 2.76. The smallest absolute Gasteiger partial charge is 0.329 e. The summed E-state index contributed by atoms with van der Waals surface area (Å²) in [4.78, 5) is 21.2. The van der Waals surface area contributed by atoms with Crippen LogP contribution in [0.5, 0.6) is 11.5 Å². The highest BCUT2D eigenvalue weighted by atomic mass is 16.5. The van der Waals surface area contributed by atoms with Gasteiger partial charge in [-0.3, -0.25) is 9.59 Å². The van der Waals surface area contributed by atoms with Crippen molar-refractivity contribution < 1.29 is 19.1 Å². The summed E-state index contributed by atoms with van der Waals surface area (Å²) < 4.78 is 10.2. The van der Waals surface area contributed by atoms with E-state index in [-0.39, 0.29) is 0 Å². The minimum absolute atomic E-state index is 0.530. The summed E-state index contributed by atoms with van der Waals surface area (Å²) in [5.41, 5.74) is 7.38. The van der Waals surface area contributed by atoms with Crippen LogP contribution in [0.1, 0.15) is 5.56 Å². The molecule has 0 radical (unpaired) electrons. The predicted molar refractivity (Wildman–Crippen MR) is 64.5 cm³/mol. The van der Waals surface area contributed by atoms with Crippen molar-refractivity contribution in [3.8, 4) is 11.5 Å². The highest BCUT2D eigenvalue weighted by Gasteiger charge is 2.06. The average Bonchev–Trinajstić information content (AvgIpc) is 2.38. The van der Waals surface area contributed by atoms with Gasteiger partial charge in [0.15, 0.2) is 11.5 Å². The molecule has 0 aliphatic rings. The maximum Gasteiger partial charge on any atom is 0.329 e. The standard InChI is InChI=1S/C11H13N3O4/c1-17-8-4-3-7(5-9(8)18-2)6-13-14-11(16)10(12)15/h3-6H,1-2H3,(H2,12,15)(H,14,16). The molecule has 7 heteroatoms. The first-order chi connectivity index (χ1) is 8.58. The van der Waals surface area contributed by atoms with Crippen LogP contribution >= 0.6 is 0 Å². The van der Waals surface area contributed by atoms with Crippen molar-refractivity contribution in [1.29, 1.82) is 0 Å². The van der Waals surface area contributed by atoms with E-state index in [9.17, 15) is 9.59 Å². The molecule has 0 aromatic heterocycles. The zero-order valence-corrected chi connectivity index (χ0v) is 9.97. The normalized spacial score (nSPS) is 10.1. The van der Waals surface area contributed by atoms with E-state index in [0.717, 1.165) is 0 Å². The molecule has 96 valence electrons. The van der Waals surface area contributed by atoms with Gasteiger partial charge in [-0.1, -0.05) is 0 Å². The number of rotatable bonds is 4. The quantitative estimate of drug-likeness (QED) is 0.433. The molecule has 18 heavy (non-hydrogen) atoms. The molecule has 0 bridgehead atoms. The number of carbonyl (C=O) groups is 2. The van der Waals surface area contributed by atoms with Crippen molar-refractivity contribution >= 4 is 18.0 Å². The van der Waals surface area contributed by atoms with E-state index in [4.69, 9.17) is 15.2 Å². The molecule has 0 fully saturated rings. The number of nitrogens with two attached hydrogens (primary N) is 1. The van der Waals surface area contributed by atoms with Crippen molar-refractivity contribution in [3.05, 3.63) is 23.8 Å². The van der Waals surface area contributed by atoms with E-state index in [1.54, 1.807) is 18.2 Å². The summed E-state index contributed by atoms with van der Waals surface area (Å²) in [5, 5.41) is 3.57. The predicted octanol–water partition coefficient (Wildman–Crippen LogP) is -0.361. The maximum absolute atomic E-state index is 10.8. The Morgan fingerprint density at radius 2 is 1.94 bits per heavy atom. The van der Waals surface area contributed by atoms with Gasteiger partial charge < -0.3 is 15.2 Å². The molecular weight excluding hydrogens is 238 g/mol. The summed E-state index contributed by atoms with van der Waals surface area (Å²) >= 11 is 0. The lowest BCUT2D eigenvalue weighted by Gasteiger charge is -2.07. The van der Waals surface area contributed by atoms with Crippen molar-refractivity contribution in [2.24, 2.45) is 10.8 Å². The lowest BCUT2D eigenvalue weighted by Crippen LogP contribution is -2.32. The Bertz CT molecular complexity index is 485. The minimum atomic E-state index is -1.10. The van der Waals surface area contributed by atoms with Crippen LogP contribution in [0.15, 0.2) is 23.3 Å². The number of benzene rings is 1. The molecule has 0 spiro atoms. The molecule has 0 aliphatic heterocycles. The third kappa shape index (κ3) is 3.48. The highest BCUT2D eigenvalue weighted by Crippen LogP contribution is 2.26. The first-order valence-corrected chi connectivity index (χ1v) is 4.93. The lowest BCUT2D eigenvalue weighted by molar-refractivity contribution is -0.137. The van der Waals surface area contributed by atoms with E-state index in [1.807, 2.05) is 5.43 Å². The largest absolute Gasteiger partial charge is 0.493 e. The molecule has 0 saturated heterocycles. The van der Waals surface area contributed by atoms with E-state index in [2.05, 4.69) is 5.10 Å². The van der Waals surface area contributed by atoms with Gasteiger partial charge in [-0.05, 0) is 23.8 Å². The van der Waals surface area contributed by atoms with Gasteiger partial charge in [0.2, 0.25) is 0 Å². The molecule has 1 rings (SSSR count). The van der Waals surface area contributed by atoms with Crippen molar-refractivity contribution in [1.82, 2.24) is 5.43 Å². The summed E-state index contributed by atoms with van der Waals surface area (Å²) in [6.07, 6.45) is 1.35. The number of nitrogens with zero attached hydrogens (tertiary/aromatic N) is 1. The number of ether oxygens (including phenoxy) is 2. The minimum Gasteiger partial charge on any atom is -0.493 e. The second kappa shape index (κ2) is 6.24. The highest BCUT2D eigenvalue weighted by molar-refractivity contribution is 6.34. The molecule has 0 aliphatic carbocycles. The lowest BCUT2D eigenvalue weighted by atomic mass is 10.2. The first kappa shape index (κ1) is 13.5. The molecular formula is C11H13N3O4. The molecule has 3 N–H and O–H groups in total. The van der Waals surface area contributed by atoms with Gasteiger partial charge in [0.1, 0.15) is 0 Å². The zero-order valence-electron chi connectivity index (χ0n) is 9.97. The van der Waals surface area contributed by atoms with Crippen molar-refractivity contribution in [3.63, 3.8) is 0 Å². The van der Waals surface area contributed by atoms with Gasteiger partial charge in [-0.25, -0.2) is 5.43 Å². The molecule has 0 unspecified atom stereocenters. The number of hydrogen-bond donors (Lipinski definition) is 2. The van der Waals surface area contributed by atoms with E-state index in [1.165, 1.54) is 20.4 Å². The first-order valence-electron chi connectivity index (χ1n) is 4.93. The second-order valence-corrected chi connectivity index (χ2v) is 3.18. The topological polar surface area (TPSA) is 103 Å². The van der Waals surface area contributed by atoms with Crippen LogP contribution in [0.25, 0.3) is 0 Å². The summed E-state index contributed by atoms with van der Waals surface area (Å²) in [7, 11) is 3.03. The molecule has 0 atom stereocenters. The molecule has 0 saturated carbocycles. The van der Waals surface area contributed by atoms with Crippen LogP contribution in [0, 0.1) is 0 Å². The van der Waals surface area contributed by atoms with Crippen LogP contribution < -0.4 is 20.6 Å². The summed E-state index contributed by atoms with van der Waals surface area (Å²) in [5.74, 6) is -0.968. The number of amides is 2. The van der Waals surface area contributed by atoms with Gasteiger partial charge in [0, 0.05) is 0 Å². The Labute approximate surface area is 104 Å². The zero-order chi connectivity index (χ0) is 13.5. The van der Waals surface area contributed by atoms with Crippen LogP contribution in [-0.4, -0.2) is 32.2 Å². The van der Waals surface area contributed by atoms with E-state index in [0.29, 0.717) is 17.1 Å². The fraction of sp³-hybridized carbons (Fsp3) is 0.182. The van der Waals surface area contributed by atoms with Gasteiger partial charge in [-0.15, -0.1) is 0 Å². The number of hydrazone groups is 1. The number of methoxy groups -OCH3 is 2. The van der Waals surface area contributed by atoms with Gasteiger partial charge in [0.25, 0.3) is 0 Å². The average molecular weight is 251 g/mol. The van der Waals surface area contributed by atoms with Crippen LogP contribution in [-0.2, 0) is 9.59 Å². The fourth-order valence-electron chi connectivity index (χ4n) is 1.15. The molecule has 1 aromatic carbocycles. The Morgan fingerprint density at radius 1 is 1.28 bits per heavy atom. The van der Waals surface area contributed by atoms with Crippen molar-refractivity contribution in [2.75, 3.05) is 14.2 Å². The summed E-state index contributed by atoms with van der Waals surface area (Å²) in [6.45, 7) is 0. The Hall–Kier alpha value is -2.57. The number of carbonyl (C=O) groups excluding carboxylic acids is 2. The SMILES string of the molecule is COc1ccc(C=NNC(=O)C(N)=O)cc1OC.